The second-order valence-electron chi connectivity index (χ2n) is 9.17. The van der Waals surface area contributed by atoms with Crippen LogP contribution in [-0.2, 0) is 10.0 Å². The summed E-state index contributed by atoms with van der Waals surface area (Å²) >= 11 is 3.47. The molecule has 0 radical (unpaired) electrons. The van der Waals surface area contributed by atoms with Gasteiger partial charge in [-0.25, -0.2) is 4.98 Å². The molecule has 2 heterocycles. The van der Waals surface area contributed by atoms with Crippen LogP contribution in [0.5, 0.6) is 5.95 Å². The SMILES string of the molecule is Cc1ccc(-[n+]2noc([O-])c2S(=O)(=O)Nc2ccc(-n3c(-c4cccc(Br)c4)nc4ccccc4c3=O)cc2)cc1. The average molecular weight is 630 g/mol. The number of aromatic nitrogens is 4. The third-order valence-electron chi connectivity index (χ3n) is 6.34. The fourth-order valence-corrected chi connectivity index (χ4v) is 5.96. The van der Waals surface area contributed by atoms with Gasteiger partial charge in [-0.15, -0.1) is 0 Å². The number of para-hydroxylation sites is 1. The Kier molecular flexibility index (Phi) is 6.64. The van der Waals surface area contributed by atoms with E-state index in [9.17, 15) is 18.3 Å². The minimum Gasteiger partial charge on any atom is -0.538 e. The van der Waals surface area contributed by atoms with Gasteiger partial charge in [0.05, 0.1) is 21.9 Å². The normalized spacial score (nSPS) is 11.6. The van der Waals surface area contributed by atoms with E-state index in [0.29, 0.717) is 33.7 Å². The van der Waals surface area contributed by atoms with Crippen LogP contribution in [0.3, 0.4) is 0 Å². The molecular weight excluding hydrogens is 610 g/mol. The van der Waals surface area contributed by atoms with E-state index in [-0.39, 0.29) is 11.2 Å². The van der Waals surface area contributed by atoms with Crippen molar-refractivity contribution in [3.05, 3.63) is 117 Å². The van der Waals surface area contributed by atoms with Gasteiger partial charge < -0.3 is 9.63 Å². The zero-order chi connectivity index (χ0) is 28.7. The number of nitrogens with zero attached hydrogens (tertiary/aromatic N) is 4. The molecule has 4 aromatic carbocycles. The van der Waals surface area contributed by atoms with Gasteiger partial charge in [0, 0.05) is 27.9 Å². The first-order valence-corrected chi connectivity index (χ1v) is 14.6. The molecule has 0 aliphatic heterocycles. The minimum absolute atomic E-state index is 0.163. The Labute approximate surface area is 242 Å². The Morgan fingerprint density at radius 3 is 2.41 bits per heavy atom. The Morgan fingerprint density at radius 1 is 0.951 bits per heavy atom. The molecule has 204 valence electrons. The van der Waals surface area contributed by atoms with E-state index in [1.807, 2.05) is 37.3 Å². The lowest BCUT2D eigenvalue weighted by Gasteiger charge is -2.15. The molecule has 6 rings (SSSR count). The number of aryl methyl sites for hydroxylation is 1. The summed E-state index contributed by atoms with van der Waals surface area (Å²) in [6.07, 6.45) is 0. The van der Waals surface area contributed by atoms with Crippen LogP contribution in [0.25, 0.3) is 33.7 Å². The molecule has 2 aromatic heterocycles. The van der Waals surface area contributed by atoms with Gasteiger partial charge in [0.15, 0.2) is 5.95 Å². The molecule has 12 heteroatoms. The van der Waals surface area contributed by atoms with Crippen LogP contribution < -0.4 is 20.1 Å². The summed E-state index contributed by atoms with van der Waals surface area (Å²) in [5.41, 5.74) is 2.91. The van der Waals surface area contributed by atoms with E-state index >= 15 is 0 Å². The summed E-state index contributed by atoms with van der Waals surface area (Å²) in [5, 5.41) is 15.8. The van der Waals surface area contributed by atoms with Crippen molar-refractivity contribution in [1.82, 2.24) is 14.8 Å². The second kappa shape index (κ2) is 10.3. The second-order valence-corrected chi connectivity index (χ2v) is 11.7. The molecule has 0 atom stereocenters. The summed E-state index contributed by atoms with van der Waals surface area (Å²) in [6, 6.07) is 27.4. The van der Waals surface area contributed by atoms with E-state index in [4.69, 9.17) is 4.98 Å². The van der Waals surface area contributed by atoms with Crippen molar-refractivity contribution in [1.29, 1.82) is 0 Å². The topological polar surface area (TPSA) is 134 Å². The molecule has 0 amide bonds. The number of benzene rings is 4. The van der Waals surface area contributed by atoms with E-state index in [1.165, 1.54) is 16.7 Å². The van der Waals surface area contributed by atoms with Crippen LogP contribution in [0, 0.1) is 6.92 Å². The van der Waals surface area contributed by atoms with Crippen LogP contribution in [0.15, 0.2) is 116 Å². The molecule has 1 N–H and O–H groups in total. The minimum atomic E-state index is -4.40. The Morgan fingerprint density at radius 2 is 1.68 bits per heavy atom. The van der Waals surface area contributed by atoms with Crippen molar-refractivity contribution in [2.24, 2.45) is 0 Å². The average Bonchev–Trinajstić information content (AvgIpc) is 3.36. The first-order chi connectivity index (χ1) is 19.7. The first-order valence-electron chi connectivity index (χ1n) is 12.3. The molecule has 0 spiro atoms. The smallest absolute Gasteiger partial charge is 0.373 e. The lowest BCUT2D eigenvalue weighted by Crippen LogP contribution is -2.40. The van der Waals surface area contributed by atoms with Crippen molar-refractivity contribution >= 4 is 42.5 Å². The quantitative estimate of drug-likeness (QED) is 0.272. The lowest BCUT2D eigenvalue weighted by molar-refractivity contribution is -0.706. The molecule has 0 saturated heterocycles. The summed E-state index contributed by atoms with van der Waals surface area (Å²) < 4.78 is 36.9. The maximum atomic E-state index is 13.7. The molecule has 0 aliphatic rings. The van der Waals surface area contributed by atoms with Crippen molar-refractivity contribution < 1.29 is 22.7 Å². The Balaban J connectivity index is 1.40. The van der Waals surface area contributed by atoms with Crippen molar-refractivity contribution in [2.75, 3.05) is 4.72 Å². The van der Waals surface area contributed by atoms with Gasteiger partial charge >= 0.3 is 15.0 Å². The van der Waals surface area contributed by atoms with E-state index in [1.54, 1.807) is 54.6 Å². The van der Waals surface area contributed by atoms with E-state index in [2.05, 4.69) is 30.4 Å². The summed E-state index contributed by atoms with van der Waals surface area (Å²) in [4.78, 5) is 18.4. The van der Waals surface area contributed by atoms with Gasteiger partial charge in [-0.2, -0.15) is 8.42 Å². The van der Waals surface area contributed by atoms with Crippen molar-refractivity contribution in [2.45, 2.75) is 11.9 Å². The van der Waals surface area contributed by atoms with Gasteiger partial charge in [-0.1, -0.05) is 57.9 Å². The number of anilines is 1. The third kappa shape index (κ3) is 4.98. The number of fused-ring (bicyclic) bond motifs is 1. The van der Waals surface area contributed by atoms with Gasteiger partial charge in [0.2, 0.25) is 5.69 Å². The van der Waals surface area contributed by atoms with Crippen LogP contribution in [-0.4, -0.2) is 23.2 Å². The fraction of sp³-hybridized carbons (Fsp3) is 0.0345. The summed E-state index contributed by atoms with van der Waals surface area (Å²) in [5.74, 6) is -0.690. The van der Waals surface area contributed by atoms with Crippen molar-refractivity contribution in [3.8, 4) is 28.7 Å². The zero-order valence-corrected chi connectivity index (χ0v) is 23.8. The molecule has 0 aliphatic carbocycles. The molecule has 6 aromatic rings. The predicted octanol–water partition coefficient (Wildman–Crippen LogP) is 4.26. The maximum absolute atomic E-state index is 13.7. The third-order valence-corrected chi connectivity index (χ3v) is 8.19. The number of hydrogen-bond donors (Lipinski definition) is 1. The highest BCUT2D eigenvalue weighted by Crippen LogP contribution is 2.26. The van der Waals surface area contributed by atoms with Crippen LogP contribution in [0.4, 0.5) is 5.69 Å². The van der Waals surface area contributed by atoms with Crippen molar-refractivity contribution in [3.63, 3.8) is 0 Å². The molecule has 0 fully saturated rings. The first kappa shape index (κ1) is 26.4. The summed E-state index contributed by atoms with van der Waals surface area (Å²) in [7, 11) is -4.40. The molecular formula is C29H20BrN5O5S. The zero-order valence-electron chi connectivity index (χ0n) is 21.4. The predicted molar refractivity (Wildman–Crippen MR) is 154 cm³/mol. The highest BCUT2D eigenvalue weighted by molar-refractivity contribution is 9.10. The number of halogens is 1. The maximum Gasteiger partial charge on any atom is 0.373 e. The number of sulfonamides is 1. The fourth-order valence-electron chi connectivity index (χ4n) is 4.39. The van der Waals surface area contributed by atoms with Crippen LogP contribution >= 0.6 is 15.9 Å². The van der Waals surface area contributed by atoms with E-state index < -0.39 is 21.0 Å². The number of nitrogens with one attached hydrogen (secondary N) is 1. The molecule has 10 nitrogen and oxygen atoms in total. The number of hydrogen-bond acceptors (Lipinski definition) is 7. The number of rotatable bonds is 6. The molecule has 41 heavy (non-hydrogen) atoms. The monoisotopic (exact) mass is 629 g/mol. The van der Waals surface area contributed by atoms with Gasteiger partial charge in [0.25, 0.3) is 5.56 Å². The highest BCUT2D eigenvalue weighted by atomic mass is 79.9. The van der Waals surface area contributed by atoms with Crippen LogP contribution in [0.2, 0.25) is 0 Å². The van der Waals surface area contributed by atoms with Gasteiger partial charge in [-0.3, -0.25) is 14.1 Å². The van der Waals surface area contributed by atoms with Gasteiger partial charge in [-0.05, 0) is 60.1 Å². The lowest BCUT2D eigenvalue weighted by atomic mass is 10.1. The molecule has 0 bridgehead atoms. The summed E-state index contributed by atoms with van der Waals surface area (Å²) in [6.45, 7) is 1.88. The Bertz CT molecular complexity index is 2090. The van der Waals surface area contributed by atoms with E-state index in [0.717, 1.165) is 14.7 Å². The highest BCUT2D eigenvalue weighted by Gasteiger charge is 2.33. The van der Waals surface area contributed by atoms with Crippen LogP contribution in [0.1, 0.15) is 5.56 Å². The Hall–Kier alpha value is -4.81. The standard InChI is InChI=1S/C29H20BrN5O5S/c1-18-9-13-23(14-10-18)35-28(29(37)40-33-35)41(38,39)32-21-11-15-22(16-12-21)34-26(19-5-4-6-20(30)17-19)31-25-8-3-2-7-24(25)27(34)36/h2-17,32H,1H3. The largest absolute Gasteiger partial charge is 0.538 e. The molecule has 0 saturated carbocycles. The molecule has 0 unspecified atom stereocenters. The van der Waals surface area contributed by atoms with Gasteiger partial charge in [0.1, 0.15) is 5.82 Å².